The van der Waals surface area contributed by atoms with Crippen molar-refractivity contribution < 1.29 is 0 Å². The van der Waals surface area contributed by atoms with E-state index >= 15 is 0 Å². The van der Waals surface area contributed by atoms with E-state index in [1.165, 1.54) is 0 Å². The molecule has 0 aliphatic carbocycles. The lowest BCUT2D eigenvalue weighted by Gasteiger charge is -2.17. The van der Waals surface area contributed by atoms with Crippen LogP contribution in [0.25, 0.3) is 11.2 Å². The molecule has 2 aromatic rings. The number of rotatable bonds is 4. The Kier molecular flexibility index (Phi) is 3.18. The number of nitrogens with two attached hydrogens (primary N) is 1. The van der Waals surface area contributed by atoms with Gasteiger partial charge in [-0.1, -0.05) is 6.92 Å². The minimum absolute atomic E-state index is 0.0227. The summed E-state index contributed by atoms with van der Waals surface area (Å²) in [5.74, 6) is 0.834. The minimum Gasteiger partial charge on any atom is -0.384 e. The average Bonchev–Trinajstić information content (AvgIpc) is 2.65. The van der Waals surface area contributed by atoms with Gasteiger partial charge in [-0.05, 0) is 26.3 Å². The fourth-order valence-electron chi connectivity index (χ4n) is 1.80. The van der Waals surface area contributed by atoms with Gasteiger partial charge in [0.05, 0.1) is 0 Å². The van der Waals surface area contributed by atoms with Gasteiger partial charge in [-0.15, -0.1) is 0 Å². The topological polar surface area (TPSA) is 92.6 Å². The predicted octanol–water partition coefficient (Wildman–Crippen LogP) is 1.37. The molecule has 6 heteroatoms. The molecule has 2 heterocycles. The van der Waals surface area contributed by atoms with E-state index in [0.29, 0.717) is 17.3 Å². The van der Waals surface area contributed by atoms with Crippen LogP contribution in [0.1, 0.15) is 31.7 Å². The van der Waals surface area contributed by atoms with E-state index in [-0.39, 0.29) is 5.84 Å². The molecular weight excluding hydrogens is 228 g/mol. The van der Waals surface area contributed by atoms with Crippen LogP contribution in [-0.2, 0) is 0 Å². The highest BCUT2D eigenvalue weighted by Crippen LogP contribution is 2.17. The van der Waals surface area contributed by atoms with Gasteiger partial charge in [0.1, 0.15) is 17.2 Å². The summed E-state index contributed by atoms with van der Waals surface area (Å²) in [6, 6.07) is 2.04. The Morgan fingerprint density at radius 3 is 2.94 bits per heavy atom. The number of aryl methyl sites for hydroxylation is 1. The van der Waals surface area contributed by atoms with Crippen molar-refractivity contribution in [3.8, 4) is 0 Å². The molecule has 1 unspecified atom stereocenters. The first-order valence-electron chi connectivity index (χ1n) is 5.99. The van der Waals surface area contributed by atoms with Crippen molar-refractivity contribution in [3.05, 3.63) is 23.7 Å². The molecule has 6 nitrogen and oxygen atoms in total. The highest BCUT2D eigenvalue weighted by molar-refractivity contribution is 6.04. The van der Waals surface area contributed by atoms with Crippen molar-refractivity contribution in [2.24, 2.45) is 5.73 Å². The lowest BCUT2D eigenvalue weighted by atomic mass is 10.2. The number of nitrogens with one attached hydrogen (secondary N) is 2. The smallest absolute Gasteiger partial charge is 0.180 e. The van der Waals surface area contributed by atoms with Gasteiger partial charge in [0.25, 0.3) is 0 Å². The summed E-state index contributed by atoms with van der Waals surface area (Å²) in [7, 11) is 0. The van der Waals surface area contributed by atoms with Crippen molar-refractivity contribution in [1.82, 2.24) is 14.6 Å². The predicted molar refractivity (Wildman–Crippen MR) is 72.4 cm³/mol. The van der Waals surface area contributed by atoms with Gasteiger partial charge in [0.2, 0.25) is 0 Å². The van der Waals surface area contributed by atoms with Crippen molar-refractivity contribution in [1.29, 1.82) is 5.41 Å². The van der Waals surface area contributed by atoms with Crippen LogP contribution in [0, 0.1) is 12.3 Å². The van der Waals surface area contributed by atoms with E-state index in [1.54, 1.807) is 12.3 Å². The van der Waals surface area contributed by atoms with E-state index in [1.807, 2.05) is 11.6 Å². The fraction of sp³-hybridized carbons (Fsp3) is 0.417. The maximum atomic E-state index is 7.63. The van der Waals surface area contributed by atoms with Crippen molar-refractivity contribution in [2.45, 2.75) is 33.2 Å². The lowest BCUT2D eigenvalue weighted by Crippen LogP contribution is -2.26. The summed E-state index contributed by atoms with van der Waals surface area (Å²) in [4.78, 5) is 8.60. The monoisotopic (exact) mass is 246 g/mol. The number of hydrogen-bond donors (Lipinski definition) is 3. The van der Waals surface area contributed by atoms with Crippen LogP contribution in [0.4, 0.5) is 0 Å². The number of imidazole rings is 1. The molecule has 0 bridgehead atoms. The molecule has 0 radical (unpaired) electrons. The van der Waals surface area contributed by atoms with Crippen molar-refractivity contribution >= 4 is 17.0 Å². The molecule has 2 rings (SSSR count). The summed E-state index contributed by atoms with van der Waals surface area (Å²) >= 11 is 0. The Balaban J connectivity index is 2.63. The van der Waals surface area contributed by atoms with Gasteiger partial charge in [0, 0.05) is 17.8 Å². The van der Waals surface area contributed by atoms with E-state index in [9.17, 15) is 0 Å². The third kappa shape index (κ3) is 2.01. The molecule has 96 valence electrons. The molecule has 0 saturated heterocycles. The average molecular weight is 246 g/mol. The Morgan fingerprint density at radius 2 is 2.33 bits per heavy atom. The maximum Gasteiger partial charge on any atom is 0.180 e. The molecule has 0 aliphatic rings. The highest BCUT2D eigenvalue weighted by atomic mass is 15.4. The molecule has 2 aromatic heterocycles. The molecule has 0 saturated carbocycles. The number of amidine groups is 1. The van der Waals surface area contributed by atoms with Crippen LogP contribution in [0.2, 0.25) is 0 Å². The fourth-order valence-corrected chi connectivity index (χ4v) is 1.80. The Morgan fingerprint density at radius 1 is 1.61 bits per heavy atom. The number of hydrogen-bond acceptors (Lipinski definition) is 4. The van der Waals surface area contributed by atoms with Gasteiger partial charge in [-0.2, -0.15) is 0 Å². The first-order chi connectivity index (χ1) is 8.54. The quantitative estimate of drug-likeness (QED) is 0.561. The Bertz CT molecular complexity index is 586. The lowest BCUT2D eigenvalue weighted by molar-refractivity contribution is 0.663. The largest absolute Gasteiger partial charge is 0.384 e. The van der Waals surface area contributed by atoms with Crippen LogP contribution in [0.5, 0.6) is 0 Å². The zero-order valence-corrected chi connectivity index (χ0v) is 10.9. The number of fused-ring (bicyclic) bond motifs is 1. The first kappa shape index (κ1) is 12.3. The SMILES string of the molecule is CCC(C)Nn1c(C)nc2nccc(C(=N)N)c21. The maximum absolute atomic E-state index is 7.63. The minimum atomic E-state index is 0.0227. The molecule has 0 spiro atoms. The van der Waals surface area contributed by atoms with Crippen molar-refractivity contribution in [3.63, 3.8) is 0 Å². The van der Waals surface area contributed by atoms with Gasteiger partial charge < -0.3 is 11.2 Å². The summed E-state index contributed by atoms with van der Waals surface area (Å²) in [6.07, 6.45) is 2.62. The normalized spacial score (nSPS) is 12.6. The molecule has 0 aromatic carbocycles. The zero-order chi connectivity index (χ0) is 13.3. The second kappa shape index (κ2) is 4.64. The van der Waals surface area contributed by atoms with Gasteiger partial charge >= 0.3 is 0 Å². The zero-order valence-electron chi connectivity index (χ0n) is 10.9. The molecular formula is C12H18N6. The standard InChI is InChI=1S/C12H18N6/c1-4-7(2)17-18-8(3)16-12-10(18)9(11(13)14)5-6-15-12/h5-7,17H,4H2,1-3H3,(H3,13,14). The highest BCUT2D eigenvalue weighted by Gasteiger charge is 2.15. The Labute approximate surface area is 106 Å². The number of pyridine rings is 1. The molecule has 1 atom stereocenters. The molecule has 18 heavy (non-hydrogen) atoms. The Hall–Kier alpha value is -2.11. The van der Waals surface area contributed by atoms with Gasteiger partial charge in [-0.25, -0.2) is 14.6 Å². The van der Waals surface area contributed by atoms with Gasteiger partial charge in [0.15, 0.2) is 5.65 Å². The number of aromatic nitrogens is 3. The number of nitrogen functional groups attached to an aromatic ring is 1. The summed E-state index contributed by atoms with van der Waals surface area (Å²) in [5.41, 5.74) is 11.0. The molecule has 0 fully saturated rings. The van der Waals surface area contributed by atoms with E-state index < -0.39 is 0 Å². The van der Waals surface area contributed by atoms with Crippen LogP contribution >= 0.6 is 0 Å². The third-order valence-electron chi connectivity index (χ3n) is 2.97. The van der Waals surface area contributed by atoms with E-state index in [0.717, 1.165) is 17.8 Å². The first-order valence-corrected chi connectivity index (χ1v) is 5.99. The van der Waals surface area contributed by atoms with E-state index in [4.69, 9.17) is 11.1 Å². The van der Waals surface area contributed by atoms with Crippen molar-refractivity contribution in [2.75, 3.05) is 5.43 Å². The summed E-state index contributed by atoms with van der Waals surface area (Å²) in [5, 5.41) is 7.63. The molecule has 0 aliphatic heterocycles. The molecule has 4 N–H and O–H groups in total. The molecule has 0 amide bonds. The van der Waals surface area contributed by atoms with Crippen LogP contribution in [0.3, 0.4) is 0 Å². The van der Waals surface area contributed by atoms with Crippen LogP contribution < -0.4 is 11.2 Å². The van der Waals surface area contributed by atoms with Crippen LogP contribution in [-0.4, -0.2) is 26.5 Å². The van der Waals surface area contributed by atoms with Gasteiger partial charge in [-0.3, -0.25) is 5.41 Å². The van der Waals surface area contributed by atoms with Crippen LogP contribution in [0.15, 0.2) is 12.3 Å². The summed E-state index contributed by atoms with van der Waals surface area (Å²) in [6.45, 7) is 6.10. The second-order valence-corrected chi connectivity index (χ2v) is 4.38. The summed E-state index contributed by atoms with van der Waals surface area (Å²) < 4.78 is 1.87. The third-order valence-corrected chi connectivity index (χ3v) is 2.97. The van der Waals surface area contributed by atoms with E-state index in [2.05, 4.69) is 29.2 Å². The number of nitrogens with zero attached hydrogens (tertiary/aromatic N) is 3. The second-order valence-electron chi connectivity index (χ2n) is 4.38.